The van der Waals surface area contributed by atoms with Crippen molar-refractivity contribution in [3.63, 3.8) is 0 Å². The fourth-order valence-electron chi connectivity index (χ4n) is 0.721. The van der Waals surface area contributed by atoms with E-state index in [-0.39, 0.29) is 4.47 Å². The van der Waals surface area contributed by atoms with Crippen LogP contribution >= 0.6 is 27.5 Å². The number of nitro benzene ring substituents is 1. The lowest BCUT2D eigenvalue weighted by molar-refractivity contribution is -0.387. The molecule has 0 spiro atoms. The molecule has 0 heterocycles. The van der Waals surface area contributed by atoms with Crippen LogP contribution < -0.4 is 0 Å². The smallest absolute Gasteiger partial charge is 0.258 e. The molecule has 13 heavy (non-hydrogen) atoms. The minimum atomic E-state index is -1.56. The van der Waals surface area contributed by atoms with Gasteiger partial charge in [0.05, 0.1) is 4.92 Å². The summed E-state index contributed by atoms with van der Waals surface area (Å²) in [6, 6.07) is 0.727. The predicted octanol–water partition coefficient (Wildman–Crippen LogP) is 3.29. The zero-order chi connectivity index (χ0) is 10.2. The Kier molecular flexibility index (Phi) is 2.82. The van der Waals surface area contributed by atoms with Gasteiger partial charge in [-0.15, -0.1) is 0 Å². The van der Waals surface area contributed by atoms with Crippen LogP contribution in [-0.2, 0) is 0 Å². The van der Waals surface area contributed by atoms with E-state index in [1.54, 1.807) is 0 Å². The summed E-state index contributed by atoms with van der Waals surface area (Å²) in [5.41, 5.74) is -1.06. The molecule has 0 N–H and O–H groups in total. The van der Waals surface area contributed by atoms with E-state index < -0.39 is 27.3 Å². The molecule has 0 aromatic heterocycles. The summed E-state index contributed by atoms with van der Waals surface area (Å²) in [7, 11) is 0. The SMILES string of the molecule is O=[N+]([O-])c1c(F)c(F)cc(Br)c1Cl. The Morgan fingerprint density at radius 2 is 2.08 bits per heavy atom. The van der Waals surface area contributed by atoms with Crippen molar-refractivity contribution < 1.29 is 13.7 Å². The molecule has 0 atom stereocenters. The summed E-state index contributed by atoms with van der Waals surface area (Å²) in [5.74, 6) is -2.87. The summed E-state index contributed by atoms with van der Waals surface area (Å²) in [4.78, 5) is 9.16. The molecule has 1 aromatic carbocycles. The molecule has 0 aliphatic heterocycles. The number of rotatable bonds is 1. The molecule has 0 radical (unpaired) electrons. The van der Waals surface area contributed by atoms with Gasteiger partial charge in [-0.05, 0) is 22.0 Å². The summed E-state index contributed by atoms with van der Waals surface area (Å²) in [5, 5.41) is 9.79. The highest BCUT2D eigenvalue weighted by atomic mass is 79.9. The number of halogens is 4. The number of hydrogen-bond donors (Lipinski definition) is 0. The van der Waals surface area contributed by atoms with Crippen LogP contribution in [0.2, 0.25) is 5.02 Å². The quantitative estimate of drug-likeness (QED) is 0.447. The molecule has 70 valence electrons. The van der Waals surface area contributed by atoms with Crippen molar-refractivity contribution in [2.45, 2.75) is 0 Å². The highest BCUT2D eigenvalue weighted by molar-refractivity contribution is 9.10. The fourth-order valence-corrected chi connectivity index (χ4v) is 1.32. The van der Waals surface area contributed by atoms with Gasteiger partial charge in [0.1, 0.15) is 5.02 Å². The van der Waals surface area contributed by atoms with E-state index in [4.69, 9.17) is 11.6 Å². The first kappa shape index (κ1) is 10.3. The Morgan fingerprint density at radius 3 is 2.54 bits per heavy atom. The highest BCUT2D eigenvalue weighted by Gasteiger charge is 2.25. The Bertz CT molecular complexity index is 359. The molecular formula is C6HBrClF2NO2. The van der Waals surface area contributed by atoms with E-state index in [9.17, 15) is 18.9 Å². The van der Waals surface area contributed by atoms with Gasteiger partial charge < -0.3 is 0 Å². The number of nitrogens with zero attached hydrogens (tertiary/aromatic N) is 1. The molecule has 0 fully saturated rings. The van der Waals surface area contributed by atoms with Gasteiger partial charge in [-0.3, -0.25) is 10.1 Å². The van der Waals surface area contributed by atoms with E-state index in [1.807, 2.05) is 0 Å². The van der Waals surface area contributed by atoms with Crippen LogP contribution in [0.1, 0.15) is 0 Å². The Labute approximate surface area is 84.6 Å². The predicted molar refractivity (Wildman–Crippen MR) is 45.7 cm³/mol. The maximum atomic E-state index is 12.8. The van der Waals surface area contributed by atoms with Crippen LogP contribution in [0.15, 0.2) is 10.5 Å². The molecule has 7 heteroatoms. The van der Waals surface area contributed by atoms with Crippen LogP contribution in [0, 0.1) is 21.7 Å². The van der Waals surface area contributed by atoms with E-state index in [1.165, 1.54) is 0 Å². The number of hydrogen-bond acceptors (Lipinski definition) is 2. The van der Waals surface area contributed by atoms with Gasteiger partial charge in [0.25, 0.3) is 0 Å². The van der Waals surface area contributed by atoms with Gasteiger partial charge in [0, 0.05) is 4.47 Å². The molecule has 1 rings (SSSR count). The molecule has 0 aliphatic carbocycles. The third-order valence-corrected chi connectivity index (χ3v) is 2.51. The molecule has 3 nitrogen and oxygen atoms in total. The molecule has 0 saturated carbocycles. The average molecular weight is 272 g/mol. The molecule has 1 aromatic rings. The maximum Gasteiger partial charge on any atom is 0.327 e. The standard InChI is InChI=1S/C6HBrClF2NO2/c7-2-1-3(9)5(10)6(4(2)8)11(12)13/h1H. The van der Waals surface area contributed by atoms with Gasteiger partial charge in [-0.2, -0.15) is 4.39 Å². The van der Waals surface area contributed by atoms with Crippen molar-refractivity contribution in [3.8, 4) is 0 Å². The maximum absolute atomic E-state index is 12.8. The van der Waals surface area contributed by atoms with Crippen LogP contribution in [0.4, 0.5) is 14.5 Å². The second kappa shape index (κ2) is 3.55. The second-order valence-corrected chi connectivity index (χ2v) is 3.31. The second-order valence-electron chi connectivity index (χ2n) is 2.07. The van der Waals surface area contributed by atoms with Crippen LogP contribution in [0.3, 0.4) is 0 Å². The van der Waals surface area contributed by atoms with Crippen molar-refractivity contribution in [1.82, 2.24) is 0 Å². The largest absolute Gasteiger partial charge is 0.327 e. The van der Waals surface area contributed by atoms with Gasteiger partial charge in [-0.1, -0.05) is 11.6 Å². The van der Waals surface area contributed by atoms with Crippen LogP contribution in [0.25, 0.3) is 0 Å². The van der Waals surface area contributed by atoms with Crippen molar-refractivity contribution >= 4 is 33.2 Å². The Balaban J connectivity index is 3.56. The lowest BCUT2D eigenvalue weighted by Crippen LogP contribution is -1.97. The lowest BCUT2D eigenvalue weighted by atomic mass is 10.3. The number of nitro groups is 1. The van der Waals surface area contributed by atoms with Gasteiger partial charge in [-0.25, -0.2) is 4.39 Å². The first-order chi connectivity index (χ1) is 5.95. The summed E-state index contributed by atoms with van der Waals surface area (Å²) in [6.45, 7) is 0. The highest BCUT2D eigenvalue weighted by Crippen LogP contribution is 2.35. The summed E-state index contributed by atoms with van der Waals surface area (Å²) in [6.07, 6.45) is 0. The third-order valence-electron chi connectivity index (χ3n) is 1.27. The van der Waals surface area contributed by atoms with Crippen LogP contribution in [0.5, 0.6) is 0 Å². The van der Waals surface area contributed by atoms with E-state index >= 15 is 0 Å². The first-order valence-corrected chi connectivity index (χ1v) is 4.09. The van der Waals surface area contributed by atoms with Gasteiger partial charge in [0.2, 0.25) is 5.82 Å². The van der Waals surface area contributed by atoms with E-state index in [0.29, 0.717) is 0 Å². The molecule has 0 aliphatic rings. The van der Waals surface area contributed by atoms with E-state index in [2.05, 4.69) is 15.9 Å². The fraction of sp³-hybridized carbons (Fsp3) is 0. The first-order valence-electron chi connectivity index (χ1n) is 2.92. The normalized spacial score (nSPS) is 10.2. The Morgan fingerprint density at radius 1 is 1.54 bits per heavy atom. The van der Waals surface area contributed by atoms with Crippen molar-refractivity contribution in [2.75, 3.05) is 0 Å². The molecule has 0 amide bonds. The molecule has 0 unspecified atom stereocenters. The average Bonchev–Trinajstić information content (AvgIpc) is 2.01. The van der Waals surface area contributed by atoms with Crippen molar-refractivity contribution in [1.29, 1.82) is 0 Å². The third kappa shape index (κ3) is 1.78. The van der Waals surface area contributed by atoms with Crippen molar-refractivity contribution in [3.05, 3.63) is 37.3 Å². The molecule has 0 bridgehead atoms. The summed E-state index contributed by atoms with van der Waals surface area (Å²) < 4.78 is 25.3. The topological polar surface area (TPSA) is 43.1 Å². The molecule has 0 saturated heterocycles. The minimum Gasteiger partial charge on any atom is -0.258 e. The monoisotopic (exact) mass is 271 g/mol. The zero-order valence-corrected chi connectivity index (χ0v) is 8.19. The zero-order valence-electron chi connectivity index (χ0n) is 5.85. The van der Waals surface area contributed by atoms with E-state index in [0.717, 1.165) is 6.07 Å². The van der Waals surface area contributed by atoms with Gasteiger partial charge >= 0.3 is 5.69 Å². The number of benzene rings is 1. The minimum absolute atomic E-state index is 0.0558. The summed E-state index contributed by atoms with van der Waals surface area (Å²) >= 11 is 8.13. The Hall–Kier alpha value is -0.750. The van der Waals surface area contributed by atoms with Gasteiger partial charge in [0.15, 0.2) is 5.82 Å². The molecular weight excluding hydrogens is 271 g/mol. The van der Waals surface area contributed by atoms with Crippen LogP contribution in [-0.4, -0.2) is 4.92 Å². The van der Waals surface area contributed by atoms with Crippen molar-refractivity contribution in [2.24, 2.45) is 0 Å². The lowest BCUT2D eigenvalue weighted by Gasteiger charge is -1.99.